The van der Waals surface area contributed by atoms with E-state index >= 15 is 0 Å². The third-order valence-corrected chi connectivity index (χ3v) is 1.54. The van der Waals surface area contributed by atoms with E-state index in [-0.39, 0.29) is 0 Å². The summed E-state index contributed by atoms with van der Waals surface area (Å²) in [6.07, 6.45) is 0.528. The maximum Gasteiger partial charge on any atom is 0.123 e. The van der Waals surface area contributed by atoms with Crippen LogP contribution in [-0.2, 0) is 0 Å². The zero-order valence-corrected chi connectivity index (χ0v) is 5.34. The minimum atomic E-state index is -0.798. The highest BCUT2D eigenvalue weighted by Crippen LogP contribution is 2.20. The number of aliphatic hydroxyl groups excluding tert-OH is 1. The number of aliphatic hydroxyl groups is 1. The van der Waals surface area contributed by atoms with Gasteiger partial charge in [-0.05, 0) is 0 Å². The van der Waals surface area contributed by atoms with E-state index in [1.807, 2.05) is 0 Å². The minimum absolute atomic E-state index is 0.354. The second-order valence-corrected chi connectivity index (χ2v) is 2.30. The van der Waals surface area contributed by atoms with Crippen LogP contribution in [0.1, 0.15) is 6.42 Å². The fraction of sp³-hybridized carbons (Fsp3) is 0.667. The topological polar surface area (TPSA) is 23.5 Å². The van der Waals surface area contributed by atoms with Gasteiger partial charge in [0.2, 0.25) is 0 Å². The van der Waals surface area contributed by atoms with Crippen LogP contribution in [-0.4, -0.2) is 29.8 Å². The Morgan fingerprint density at radius 1 is 1.89 bits per heavy atom. The number of hydrogen-bond donors (Lipinski definition) is 1. The van der Waals surface area contributed by atoms with Gasteiger partial charge in [0.1, 0.15) is 6.17 Å². The van der Waals surface area contributed by atoms with Gasteiger partial charge in [-0.1, -0.05) is 0 Å². The van der Waals surface area contributed by atoms with E-state index in [4.69, 9.17) is 5.11 Å². The van der Waals surface area contributed by atoms with Crippen molar-refractivity contribution < 1.29 is 9.50 Å². The molecule has 1 saturated heterocycles. The van der Waals surface area contributed by atoms with E-state index in [1.54, 1.807) is 11.9 Å². The highest BCUT2D eigenvalue weighted by molar-refractivity contribution is 5.04. The van der Waals surface area contributed by atoms with Gasteiger partial charge in [0, 0.05) is 20.0 Å². The predicted octanol–water partition coefficient (Wildman–Crippen LogP) is 1.06. The van der Waals surface area contributed by atoms with E-state index in [2.05, 4.69) is 0 Å². The molecule has 0 aliphatic carbocycles. The Bertz CT molecular complexity index is 135. The lowest BCUT2D eigenvalue weighted by Crippen LogP contribution is -2.13. The summed E-state index contributed by atoms with van der Waals surface area (Å²) in [5, 5.41) is 8.48. The Kier molecular flexibility index (Phi) is 1.60. The van der Waals surface area contributed by atoms with Crippen molar-refractivity contribution in [1.29, 1.82) is 0 Å². The second-order valence-electron chi connectivity index (χ2n) is 2.30. The van der Waals surface area contributed by atoms with Crippen LogP contribution >= 0.6 is 0 Å². The summed E-state index contributed by atoms with van der Waals surface area (Å²) in [6, 6.07) is 0. The van der Waals surface area contributed by atoms with E-state index in [0.29, 0.717) is 18.7 Å². The lowest BCUT2D eigenvalue weighted by atomic mass is 10.3. The SMILES string of the molecule is CN1CC(F)C/C1=C/O. The molecule has 1 N–H and O–H groups in total. The number of likely N-dealkylation sites (tertiary alicyclic amines) is 1. The van der Waals surface area contributed by atoms with Crippen LogP contribution in [0.25, 0.3) is 0 Å². The van der Waals surface area contributed by atoms with Gasteiger partial charge >= 0.3 is 0 Å². The van der Waals surface area contributed by atoms with Crippen LogP contribution in [0.3, 0.4) is 0 Å². The third-order valence-electron chi connectivity index (χ3n) is 1.54. The number of nitrogens with zero attached hydrogens (tertiary/aromatic N) is 1. The lowest BCUT2D eigenvalue weighted by molar-refractivity contribution is 0.324. The number of alkyl halides is 1. The molecule has 3 heteroatoms. The van der Waals surface area contributed by atoms with Crippen LogP contribution < -0.4 is 0 Å². The number of allylic oxidation sites excluding steroid dienone is 1. The molecule has 0 bridgehead atoms. The molecule has 0 spiro atoms. The molecule has 0 aromatic carbocycles. The molecule has 1 unspecified atom stereocenters. The van der Waals surface area contributed by atoms with Gasteiger partial charge in [0.15, 0.2) is 0 Å². The van der Waals surface area contributed by atoms with Crippen molar-refractivity contribution in [3.63, 3.8) is 0 Å². The fourth-order valence-corrected chi connectivity index (χ4v) is 1.01. The first-order chi connectivity index (χ1) is 4.24. The molecule has 1 heterocycles. The van der Waals surface area contributed by atoms with Gasteiger partial charge in [-0.15, -0.1) is 0 Å². The normalized spacial score (nSPS) is 32.0. The quantitative estimate of drug-likeness (QED) is 0.497. The van der Waals surface area contributed by atoms with E-state index in [0.717, 1.165) is 6.26 Å². The molecule has 0 aromatic heterocycles. The van der Waals surface area contributed by atoms with Gasteiger partial charge in [-0.25, -0.2) is 4.39 Å². The average molecular weight is 131 g/mol. The van der Waals surface area contributed by atoms with Gasteiger partial charge in [0.25, 0.3) is 0 Å². The standard InChI is InChI=1S/C6H10FNO/c1-8-3-5(7)2-6(8)4-9/h4-5,9H,2-3H2,1H3/b6-4-. The number of halogens is 1. The van der Waals surface area contributed by atoms with Crippen LogP contribution in [0.5, 0.6) is 0 Å². The molecule has 9 heavy (non-hydrogen) atoms. The molecule has 1 rings (SSSR count). The smallest absolute Gasteiger partial charge is 0.123 e. The first kappa shape index (κ1) is 6.39. The van der Waals surface area contributed by atoms with E-state index in [9.17, 15) is 4.39 Å². The van der Waals surface area contributed by atoms with Crippen molar-refractivity contribution in [3.05, 3.63) is 12.0 Å². The van der Waals surface area contributed by atoms with Crippen molar-refractivity contribution in [2.24, 2.45) is 0 Å². The predicted molar refractivity (Wildman–Crippen MR) is 32.9 cm³/mol. The zero-order valence-electron chi connectivity index (χ0n) is 5.34. The van der Waals surface area contributed by atoms with Gasteiger partial charge in [0.05, 0.1) is 12.0 Å². The van der Waals surface area contributed by atoms with Crippen molar-refractivity contribution >= 4 is 0 Å². The Morgan fingerprint density at radius 3 is 2.78 bits per heavy atom. The average Bonchev–Trinajstić information content (AvgIpc) is 2.10. The molecule has 0 saturated carbocycles. The summed E-state index contributed by atoms with van der Waals surface area (Å²) in [6.45, 7) is 0.409. The molecule has 0 amide bonds. The molecule has 1 aliphatic rings. The second kappa shape index (κ2) is 2.25. The summed E-state index contributed by atoms with van der Waals surface area (Å²) in [5.41, 5.74) is 0.683. The first-order valence-electron chi connectivity index (χ1n) is 2.92. The summed E-state index contributed by atoms with van der Waals surface area (Å²) < 4.78 is 12.4. The lowest BCUT2D eigenvalue weighted by Gasteiger charge is -2.09. The maximum absolute atomic E-state index is 12.4. The number of rotatable bonds is 0. The number of hydrogen-bond acceptors (Lipinski definition) is 2. The first-order valence-corrected chi connectivity index (χ1v) is 2.92. The Morgan fingerprint density at radius 2 is 2.56 bits per heavy atom. The summed E-state index contributed by atoms with van der Waals surface area (Å²) in [7, 11) is 1.77. The molecule has 52 valence electrons. The molecule has 2 nitrogen and oxygen atoms in total. The third kappa shape index (κ3) is 1.15. The molecule has 1 fully saturated rings. The highest BCUT2D eigenvalue weighted by atomic mass is 19.1. The van der Waals surface area contributed by atoms with Crippen molar-refractivity contribution in [2.45, 2.75) is 12.6 Å². The van der Waals surface area contributed by atoms with Gasteiger partial charge in [-0.2, -0.15) is 0 Å². The summed E-state index contributed by atoms with van der Waals surface area (Å²) in [4.78, 5) is 1.71. The zero-order chi connectivity index (χ0) is 6.85. The summed E-state index contributed by atoms with van der Waals surface area (Å²) >= 11 is 0. The molecule has 1 aliphatic heterocycles. The highest BCUT2D eigenvalue weighted by Gasteiger charge is 2.22. The van der Waals surface area contributed by atoms with Gasteiger partial charge in [-0.3, -0.25) is 0 Å². The maximum atomic E-state index is 12.4. The van der Waals surface area contributed by atoms with Crippen LogP contribution in [0, 0.1) is 0 Å². The summed E-state index contributed by atoms with van der Waals surface area (Å²) in [5.74, 6) is 0. The van der Waals surface area contributed by atoms with Gasteiger partial charge < -0.3 is 10.0 Å². The van der Waals surface area contributed by atoms with Crippen LogP contribution in [0.4, 0.5) is 4.39 Å². The van der Waals surface area contributed by atoms with Crippen molar-refractivity contribution in [2.75, 3.05) is 13.6 Å². The van der Waals surface area contributed by atoms with E-state index in [1.165, 1.54) is 0 Å². The fourth-order valence-electron chi connectivity index (χ4n) is 1.01. The van der Waals surface area contributed by atoms with E-state index < -0.39 is 6.17 Å². The van der Waals surface area contributed by atoms with Crippen molar-refractivity contribution in [3.8, 4) is 0 Å². The monoisotopic (exact) mass is 131 g/mol. The Labute approximate surface area is 53.6 Å². The molecule has 1 atom stereocenters. The van der Waals surface area contributed by atoms with Crippen molar-refractivity contribution in [1.82, 2.24) is 4.90 Å². The molecular weight excluding hydrogens is 121 g/mol. The molecular formula is C6H10FNO. The van der Waals surface area contributed by atoms with Crippen LogP contribution in [0.2, 0.25) is 0 Å². The molecule has 0 radical (unpaired) electrons. The Balaban J connectivity index is 2.58. The minimum Gasteiger partial charge on any atom is -0.514 e. The molecule has 0 aromatic rings. The Hall–Kier alpha value is -0.730. The van der Waals surface area contributed by atoms with Crippen LogP contribution in [0.15, 0.2) is 12.0 Å². The largest absolute Gasteiger partial charge is 0.514 e.